The molecule has 2 aromatic heterocycles. The molecule has 2 unspecified atom stereocenters. The van der Waals surface area contributed by atoms with Crippen LogP contribution in [0.4, 0.5) is 0 Å². The number of guanidine groups is 1. The minimum Gasteiger partial charge on any atom is -0.356 e. The van der Waals surface area contributed by atoms with Crippen molar-refractivity contribution < 1.29 is 0 Å². The van der Waals surface area contributed by atoms with Gasteiger partial charge in [0.2, 0.25) is 0 Å². The second-order valence-electron chi connectivity index (χ2n) is 6.48. The van der Waals surface area contributed by atoms with Crippen molar-refractivity contribution in [2.75, 3.05) is 13.6 Å². The minimum absolute atomic E-state index is 0. The molecule has 1 aliphatic rings. The number of fused-ring (bicyclic) bond motifs is 1. The van der Waals surface area contributed by atoms with Crippen molar-refractivity contribution in [3.05, 3.63) is 34.0 Å². The van der Waals surface area contributed by atoms with E-state index < -0.39 is 0 Å². The first-order valence-corrected chi connectivity index (χ1v) is 9.42. The van der Waals surface area contributed by atoms with Crippen LogP contribution >= 0.6 is 35.3 Å². The first-order chi connectivity index (χ1) is 11.6. The number of nitrogens with zero attached hydrogens (tertiary/aromatic N) is 4. The molecule has 6 nitrogen and oxygen atoms in total. The monoisotopic (exact) mass is 474 g/mol. The molecule has 0 saturated carbocycles. The Morgan fingerprint density at radius 2 is 2.36 bits per heavy atom. The fraction of sp³-hybridized carbons (Fsp3) is 0.588. The summed E-state index contributed by atoms with van der Waals surface area (Å²) in [6.45, 7) is 5.98. The van der Waals surface area contributed by atoms with Crippen molar-refractivity contribution in [3.8, 4) is 0 Å². The number of nitrogens with one attached hydrogen (secondary N) is 2. The highest BCUT2D eigenvalue weighted by atomic mass is 127. The van der Waals surface area contributed by atoms with Crippen molar-refractivity contribution in [1.82, 2.24) is 25.4 Å². The summed E-state index contributed by atoms with van der Waals surface area (Å²) >= 11 is 1.83. The van der Waals surface area contributed by atoms with Gasteiger partial charge in [0.25, 0.3) is 0 Å². The number of aliphatic imine (C=N–C) groups is 1. The SMILES string of the molecule is CN=C(NCC(C)Cc1cccs1)NC1CCc2nc(C)nn2C1.I. The highest BCUT2D eigenvalue weighted by Crippen LogP contribution is 2.14. The lowest BCUT2D eigenvalue weighted by atomic mass is 10.1. The summed E-state index contributed by atoms with van der Waals surface area (Å²) in [6.07, 6.45) is 3.13. The van der Waals surface area contributed by atoms with Gasteiger partial charge in [0.1, 0.15) is 11.6 Å². The molecule has 2 N–H and O–H groups in total. The molecule has 3 heterocycles. The van der Waals surface area contributed by atoms with Crippen LogP contribution in [0, 0.1) is 12.8 Å². The number of hydrogen-bond donors (Lipinski definition) is 2. The smallest absolute Gasteiger partial charge is 0.191 e. The molecule has 138 valence electrons. The average molecular weight is 474 g/mol. The van der Waals surface area contributed by atoms with Gasteiger partial charge < -0.3 is 10.6 Å². The first kappa shape index (κ1) is 20.2. The molecule has 0 radical (unpaired) electrons. The Morgan fingerprint density at radius 3 is 3.08 bits per heavy atom. The number of rotatable bonds is 5. The third kappa shape index (κ3) is 5.67. The van der Waals surface area contributed by atoms with Gasteiger partial charge in [0, 0.05) is 30.9 Å². The molecule has 0 bridgehead atoms. The van der Waals surface area contributed by atoms with E-state index in [-0.39, 0.29) is 24.0 Å². The van der Waals surface area contributed by atoms with Crippen LogP contribution in [-0.4, -0.2) is 40.4 Å². The Hall–Kier alpha value is -1.16. The summed E-state index contributed by atoms with van der Waals surface area (Å²) in [5, 5.41) is 13.6. The summed E-state index contributed by atoms with van der Waals surface area (Å²) in [7, 11) is 1.83. The van der Waals surface area contributed by atoms with Crippen LogP contribution in [0.5, 0.6) is 0 Å². The molecule has 2 atom stereocenters. The predicted octanol–water partition coefficient (Wildman–Crippen LogP) is 2.62. The van der Waals surface area contributed by atoms with E-state index >= 15 is 0 Å². The zero-order chi connectivity index (χ0) is 16.9. The van der Waals surface area contributed by atoms with E-state index in [1.165, 1.54) is 4.88 Å². The molecule has 0 aromatic carbocycles. The maximum atomic E-state index is 4.46. The van der Waals surface area contributed by atoms with E-state index in [2.05, 4.69) is 50.1 Å². The molecular weight excluding hydrogens is 447 g/mol. The number of aromatic nitrogens is 3. The van der Waals surface area contributed by atoms with Gasteiger partial charge in [-0.2, -0.15) is 5.10 Å². The Bertz CT molecular complexity index is 681. The zero-order valence-corrected chi connectivity index (χ0v) is 18.2. The summed E-state index contributed by atoms with van der Waals surface area (Å²) in [4.78, 5) is 10.3. The minimum atomic E-state index is 0. The summed E-state index contributed by atoms with van der Waals surface area (Å²) in [6, 6.07) is 4.66. The molecule has 8 heteroatoms. The van der Waals surface area contributed by atoms with Crippen molar-refractivity contribution in [3.63, 3.8) is 0 Å². The van der Waals surface area contributed by atoms with E-state index in [9.17, 15) is 0 Å². The standard InChI is InChI=1S/C17H26N6S.HI/c1-12(9-15-5-4-8-24-15)10-19-17(18-3)21-14-6-7-16-20-13(2)22-23(16)11-14;/h4-5,8,12,14H,6-7,9-11H2,1-3H3,(H2,18,19,21);1H. The molecule has 0 amide bonds. The second-order valence-corrected chi connectivity index (χ2v) is 7.51. The maximum absolute atomic E-state index is 4.46. The third-order valence-corrected chi connectivity index (χ3v) is 5.17. The van der Waals surface area contributed by atoms with Crippen LogP contribution in [-0.2, 0) is 19.4 Å². The van der Waals surface area contributed by atoms with Crippen LogP contribution < -0.4 is 10.6 Å². The molecule has 0 saturated heterocycles. The molecule has 25 heavy (non-hydrogen) atoms. The number of aryl methyl sites for hydroxylation is 2. The third-order valence-electron chi connectivity index (χ3n) is 4.28. The zero-order valence-electron chi connectivity index (χ0n) is 15.0. The molecule has 2 aromatic rings. The van der Waals surface area contributed by atoms with Crippen LogP contribution in [0.3, 0.4) is 0 Å². The van der Waals surface area contributed by atoms with Gasteiger partial charge >= 0.3 is 0 Å². The van der Waals surface area contributed by atoms with E-state index in [1.54, 1.807) is 0 Å². The Morgan fingerprint density at radius 1 is 1.52 bits per heavy atom. The molecule has 0 spiro atoms. The van der Waals surface area contributed by atoms with Gasteiger partial charge in [0.15, 0.2) is 5.96 Å². The summed E-state index contributed by atoms with van der Waals surface area (Å²) in [5.41, 5.74) is 0. The first-order valence-electron chi connectivity index (χ1n) is 8.54. The van der Waals surface area contributed by atoms with E-state index in [4.69, 9.17) is 0 Å². The van der Waals surface area contributed by atoms with Gasteiger partial charge in [-0.15, -0.1) is 35.3 Å². The fourth-order valence-corrected chi connectivity index (χ4v) is 3.92. The normalized spacial score (nSPS) is 18.2. The van der Waals surface area contributed by atoms with Crippen molar-refractivity contribution in [1.29, 1.82) is 0 Å². The Kier molecular flexibility index (Phi) is 7.67. The van der Waals surface area contributed by atoms with Crippen molar-refractivity contribution >= 4 is 41.3 Å². The lowest BCUT2D eigenvalue weighted by molar-refractivity contribution is 0.391. The highest BCUT2D eigenvalue weighted by Gasteiger charge is 2.21. The van der Waals surface area contributed by atoms with Crippen LogP contribution in [0.25, 0.3) is 0 Å². The van der Waals surface area contributed by atoms with Crippen LogP contribution in [0.15, 0.2) is 22.5 Å². The molecule has 1 aliphatic heterocycles. The van der Waals surface area contributed by atoms with Gasteiger partial charge in [-0.05, 0) is 37.1 Å². The Labute approximate surface area is 170 Å². The Balaban J connectivity index is 0.00000225. The largest absolute Gasteiger partial charge is 0.356 e. The van der Waals surface area contributed by atoms with Gasteiger partial charge in [0.05, 0.1) is 6.54 Å². The average Bonchev–Trinajstić information content (AvgIpc) is 3.19. The number of thiophene rings is 1. The van der Waals surface area contributed by atoms with E-state index in [0.717, 1.165) is 50.0 Å². The quantitative estimate of drug-likeness (QED) is 0.397. The van der Waals surface area contributed by atoms with Crippen LogP contribution in [0.1, 0.15) is 29.9 Å². The second kappa shape index (κ2) is 9.51. The topological polar surface area (TPSA) is 67.1 Å². The van der Waals surface area contributed by atoms with Gasteiger partial charge in [-0.3, -0.25) is 4.99 Å². The van der Waals surface area contributed by atoms with Crippen molar-refractivity contribution in [2.24, 2.45) is 10.9 Å². The van der Waals surface area contributed by atoms with Crippen molar-refractivity contribution in [2.45, 2.75) is 45.7 Å². The molecule has 0 fully saturated rings. The molecular formula is C17H27IN6S. The summed E-state index contributed by atoms with van der Waals surface area (Å²) < 4.78 is 2.02. The van der Waals surface area contributed by atoms with E-state index in [0.29, 0.717) is 12.0 Å². The lowest BCUT2D eigenvalue weighted by Crippen LogP contribution is -2.48. The number of hydrogen-bond acceptors (Lipinski definition) is 4. The predicted molar refractivity (Wildman–Crippen MR) is 114 cm³/mol. The maximum Gasteiger partial charge on any atom is 0.191 e. The molecule has 0 aliphatic carbocycles. The van der Waals surface area contributed by atoms with E-state index in [1.807, 2.05) is 30.0 Å². The lowest BCUT2D eigenvalue weighted by Gasteiger charge is -2.26. The van der Waals surface area contributed by atoms with Gasteiger partial charge in [-0.1, -0.05) is 13.0 Å². The van der Waals surface area contributed by atoms with Crippen LogP contribution in [0.2, 0.25) is 0 Å². The number of halogens is 1. The highest BCUT2D eigenvalue weighted by molar-refractivity contribution is 14.0. The fourth-order valence-electron chi connectivity index (χ4n) is 3.05. The molecule has 3 rings (SSSR count). The summed E-state index contributed by atoms with van der Waals surface area (Å²) in [5.74, 6) is 3.39. The van der Waals surface area contributed by atoms with Gasteiger partial charge in [-0.25, -0.2) is 9.67 Å².